The molecular weight excluding hydrogens is 218 g/mol. The van der Waals surface area contributed by atoms with Gasteiger partial charge in [-0.05, 0) is 26.0 Å². The molecule has 17 heavy (non-hydrogen) atoms. The Morgan fingerprint density at radius 3 is 2.76 bits per heavy atom. The van der Waals surface area contributed by atoms with Crippen molar-refractivity contribution in [1.29, 1.82) is 0 Å². The maximum absolute atomic E-state index is 11.4. The monoisotopic (exact) mass is 231 g/mol. The predicted molar refractivity (Wildman–Crippen MR) is 62.8 cm³/mol. The summed E-state index contributed by atoms with van der Waals surface area (Å²) >= 11 is 0. The molecule has 2 rings (SSSR count). The molecule has 0 saturated carbocycles. The minimum absolute atomic E-state index is 0.156. The zero-order chi connectivity index (χ0) is 12.4. The van der Waals surface area contributed by atoms with Crippen molar-refractivity contribution in [3.05, 3.63) is 41.3 Å². The minimum atomic E-state index is -0.506. The Labute approximate surface area is 99.2 Å². The molecule has 0 bridgehead atoms. The quantitative estimate of drug-likeness (QED) is 0.746. The standard InChI is InChI=1S/C13H13NO3/c1-8-5-4-6-10(7-8)12-14-9(2)11(17-12)13(15)16-3/h4-7H,1-3H3. The van der Waals surface area contributed by atoms with Crippen LogP contribution in [0, 0.1) is 13.8 Å². The van der Waals surface area contributed by atoms with Crippen LogP contribution in [-0.4, -0.2) is 18.1 Å². The molecule has 4 heteroatoms. The second-order valence-corrected chi connectivity index (χ2v) is 3.79. The molecule has 0 aliphatic heterocycles. The maximum atomic E-state index is 11.4. The van der Waals surface area contributed by atoms with Crippen LogP contribution >= 0.6 is 0 Å². The molecule has 1 heterocycles. The van der Waals surface area contributed by atoms with Gasteiger partial charge in [-0.1, -0.05) is 17.7 Å². The Bertz CT molecular complexity index is 558. The van der Waals surface area contributed by atoms with Gasteiger partial charge in [0.15, 0.2) is 0 Å². The molecule has 2 aromatic rings. The lowest BCUT2D eigenvalue weighted by molar-refractivity contribution is 0.0565. The van der Waals surface area contributed by atoms with Crippen molar-refractivity contribution < 1.29 is 13.9 Å². The first-order chi connectivity index (χ1) is 8.11. The number of carbonyl (C=O) groups is 1. The van der Waals surface area contributed by atoms with Gasteiger partial charge in [0.1, 0.15) is 0 Å². The highest BCUT2D eigenvalue weighted by molar-refractivity contribution is 5.87. The molecule has 0 N–H and O–H groups in total. The number of carbonyl (C=O) groups excluding carboxylic acids is 1. The van der Waals surface area contributed by atoms with E-state index in [1.165, 1.54) is 7.11 Å². The number of oxazole rings is 1. The molecule has 1 aromatic carbocycles. The Kier molecular flexibility index (Phi) is 2.95. The Morgan fingerprint density at radius 2 is 2.12 bits per heavy atom. The van der Waals surface area contributed by atoms with Crippen LogP contribution in [0.1, 0.15) is 21.8 Å². The first-order valence-electron chi connectivity index (χ1n) is 5.24. The number of hydrogen-bond donors (Lipinski definition) is 0. The first-order valence-corrected chi connectivity index (χ1v) is 5.24. The third-order valence-electron chi connectivity index (χ3n) is 2.43. The highest BCUT2D eigenvalue weighted by Gasteiger charge is 2.18. The number of nitrogens with zero attached hydrogens (tertiary/aromatic N) is 1. The van der Waals surface area contributed by atoms with Crippen molar-refractivity contribution in [3.8, 4) is 11.5 Å². The molecule has 0 amide bonds. The molecule has 0 radical (unpaired) electrons. The summed E-state index contributed by atoms with van der Waals surface area (Å²) in [7, 11) is 1.32. The molecule has 0 aliphatic carbocycles. The maximum Gasteiger partial charge on any atom is 0.375 e. The summed E-state index contributed by atoms with van der Waals surface area (Å²) in [5.74, 6) is 0.0875. The summed E-state index contributed by atoms with van der Waals surface area (Å²) in [6.45, 7) is 3.70. The molecule has 0 atom stereocenters. The number of aryl methyl sites for hydroxylation is 2. The third kappa shape index (κ3) is 2.20. The van der Waals surface area contributed by atoms with Crippen LogP contribution in [0.4, 0.5) is 0 Å². The number of ether oxygens (including phenoxy) is 1. The minimum Gasteiger partial charge on any atom is -0.463 e. The predicted octanol–water partition coefficient (Wildman–Crippen LogP) is 2.75. The summed E-state index contributed by atoms with van der Waals surface area (Å²) < 4.78 is 10.0. The van der Waals surface area contributed by atoms with Gasteiger partial charge < -0.3 is 9.15 Å². The van der Waals surface area contributed by atoms with E-state index in [2.05, 4.69) is 9.72 Å². The third-order valence-corrected chi connectivity index (χ3v) is 2.43. The van der Waals surface area contributed by atoms with E-state index < -0.39 is 5.97 Å². The first kappa shape index (κ1) is 11.4. The van der Waals surface area contributed by atoms with Gasteiger partial charge in [0, 0.05) is 5.56 Å². The van der Waals surface area contributed by atoms with Gasteiger partial charge in [-0.15, -0.1) is 0 Å². The number of methoxy groups -OCH3 is 1. The van der Waals surface area contributed by atoms with E-state index in [1.807, 2.05) is 31.2 Å². The molecule has 88 valence electrons. The van der Waals surface area contributed by atoms with Crippen LogP contribution < -0.4 is 0 Å². The van der Waals surface area contributed by atoms with Crippen LogP contribution in [0.25, 0.3) is 11.5 Å². The van der Waals surface area contributed by atoms with Gasteiger partial charge in [-0.3, -0.25) is 0 Å². The van der Waals surface area contributed by atoms with Gasteiger partial charge in [0.05, 0.1) is 12.8 Å². The van der Waals surface area contributed by atoms with Crippen LogP contribution in [-0.2, 0) is 4.74 Å². The number of esters is 1. The zero-order valence-corrected chi connectivity index (χ0v) is 9.98. The summed E-state index contributed by atoms with van der Waals surface area (Å²) in [6.07, 6.45) is 0. The molecule has 0 spiro atoms. The largest absolute Gasteiger partial charge is 0.463 e. The van der Waals surface area contributed by atoms with E-state index in [0.717, 1.165) is 11.1 Å². The number of aromatic nitrogens is 1. The Hall–Kier alpha value is -2.10. The van der Waals surface area contributed by atoms with Crippen molar-refractivity contribution >= 4 is 5.97 Å². The van der Waals surface area contributed by atoms with Crippen LogP contribution in [0.15, 0.2) is 28.7 Å². The molecular formula is C13H13NO3. The van der Waals surface area contributed by atoms with E-state index in [0.29, 0.717) is 11.6 Å². The van der Waals surface area contributed by atoms with Crippen molar-refractivity contribution in [2.24, 2.45) is 0 Å². The Balaban J connectivity index is 2.44. The number of hydrogen-bond acceptors (Lipinski definition) is 4. The normalized spacial score (nSPS) is 10.3. The highest BCUT2D eigenvalue weighted by atomic mass is 16.5. The molecule has 0 fully saturated rings. The van der Waals surface area contributed by atoms with Crippen LogP contribution in [0.2, 0.25) is 0 Å². The summed E-state index contributed by atoms with van der Waals surface area (Å²) in [5, 5.41) is 0. The van der Waals surface area contributed by atoms with Gasteiger partial charge in [-0.2, -0.15) is 0 Å². The molecule has 1 aromatic heterocycles. The SMILES string of the molecule is COC(=O)c1oc(-c2cccc(C)c2)nc1C. The Morgan fingerprint density at radius 1 is 1.35 bits per heavy atom. The van der Waals surface area contributed by atoms with Crippen molar-refractivity contribution in [2.75, 3.05) is 7.11 Å². The number of rotatable bonds is 2. The second kappa shape index (κ2) is 4.41. The average Bonchev–Trinajstić information content (AvgIpc) is 2.70. The van der Waals surface area contributed by atoms with Crippen molar-refractivity contribution in [1.82, 2.24) is 4.98 Å². The lowest BCUT2D eigenvalue weighted by Gasteiger charge is -1.96. The summed E-state index contributed by atoms with van der Waals surface area (Å²) in [6, 6.07) is 7.74. The lowest BCUT2D eigenvalue weighted by atomic mass is 10.1. The number of benzene rings is 1. The van der Waals surface area contributed by atoms with Gasteiger partial charge in [-0.25, -0.2) is 9.78 Å². The topological polar surface area (TPSA) is 52.3 Å². The molecule has 0 unspecified atom stereocenters. The van der Waals surface area contributed by atoms with Crippen LogP contribution in [0.5, 0.6) is 0 Å². The zero-order valence-electron chi connectivity index (χ0n) is 9.98. The van der Waals surface area contributed by atoms with E-state index in [4.69, 9.17) is 4.42 Å². The highest BCUT2D eigenvalue weighted by Crippen LogP contribution is 2.22. The molecule has 0 aliphatic rings. The van der Waals surface area contributed by atoms with Gasteiger partial charge >= 0.3 is 5.97 Å². The summed E-state index contributed by atoms with van der Waals surface area (Å²) in [4.78, 5) is 15.6. The van der Waals surface area contributed by atoms with E-state index in [-0.39, 0.29) is 5.76 Å². The second-order valence-electron chi connectivity index (χ2n) is 3.79. The molecule has 4 nitrogen and oxygen atoms in total. The lowest BCUT2D eigenvalue weighted by Crippen LogP contribution is -2.00. The van der Waals surface area contributed by atoms with E-state index >= 15 is 0 Å². The van der Waals surface area contributed by atoms with Crippen LogP contribution in [0.3, 0.4) is 0 Å². The van der Waals surface area contributed by atoms with E-state index in [1.54, 1.807) is 6.92 Å². The average molecular weight is 231 g/mol. The van der Waals surface area contributed by atoms with Gasteiger partial charge in [0.25, 0.3) is 0 Å². The van der Waals surface area contributed by atoms with E-state index in [9.17, 15) is 4.79 Å². The summed E-state index contributed by atoms with van der Waals surface area (Å²) in [5.41, 5.74) is 2.49. The smallest absolute Gasteiger partial charge is 0.375 e. The fourth-order valence-electron chi connectivity index (χ4n) is 1.58. The van der Waals surface area contributed by atoms with Crippen molar-refractivity contribution in [2.45, 2.75) is 13.8 Å². The fraction of sp³-hybridized carbons (Fsp3) is 0.231. The van der Waals surface area contributed by atoms with Crippen molar-refractivity contribution in [3.63, 3.8) is 0 Å². The fourth-order valence-corrected chi connectivity index (χ4v) is 1.58. The molecule has 0 saturated heterocycles. The van der Waals surface area contributed by atoms with Gasteiger partial charge in [0.2, 0.25) is 11.7 Å².